The summed E-state index contributed by atoms with van der Waals surface area (Å²) in [7, 11) is 0. The number of allylic oxidation sites excluding steroid dienone is 1. The molecular weight excluding hydrogens is 262 g/mol. The van der Waals surface area contributed by atoms with Crippen molar-refractivity contribution < 1.29 is 9.53 Å². The van der Waals surface area contributed by atoms with E-state index in [4.69, 9.17) is 4.74 Å². The summed E-state index contributed by atoms with van der Waals surface area (Å²) < 4.78 is 5.91. The van der Waals surface area contributed by atoms with Crippen molar-refractivity contribution in [2.75, 3.05) is 13.2 Å². The molecule has 3 rings (SSSR count). The van der Waals surface area contributed by atoms with E-state index in [-0.39, 0.29) is 5.91 Å². The molecule has 0 N–H and O–H groups in total. The van der Waals surface area contributed by atoms with Gasteiger partial charge in [-0.3, -0.25) is 4.79 Å². The molecule has 21 heavy (non-hydrogen) atoms. The summed E-state index contributed by atoms with van der Waals surface area (Å²) in [5.74, 6) is 0.176. The van der Waals surface area contributed by atoms with E-state index in [0.29, 0.717) is 13.2 Å². The average molecular weight is 285 g/mol. The number of nitrogens with zero attached hydrogens (tertiary/aromatic N) is 1. The van der Waals surface area contributed by atoms with Crippen LogP contribution in [0.5, 0.6) is 0 Å². The number of hydrogen-bond acceptors (Lipinski definition) is 2. The molecule has 0 saturated carbocycles. The Labute approximate surface area is 126 Å². The molecule has 1 unspecified atom stereocenters. The fourth-order valence-electron chi connectivity index (χ4n) is 3.25. The van der Waals surface area contributed by atoms with Crippen molar-refractivity contribution >= 4 is 5.91 Å². The second-order valence-corrected chi connectivity index (χ2v) is 5.98. The number of carbonyl (C=O) groups is 1. The van der Waals surface area contributed by atoms with E-state index in [0.717, 1.165) is 38.6 Å². The quantitative estimate of drug-likeness (QED) is 0.780. The summed E-state index contributed by atoms with van der Waals surface area (Å²) in [4.78, 5) is 15.0. The van der Waals surface area contributed by atoms with Crippen LogP contribution in [0.3, 0.4) is 0 Å². The summed E-state index contributed by atoms with van der Waals surface area (Å²) in [6, 6.07) is 10.2. The minimum absolute atomic E-state index is 0.176. The van der Waals surface area contributed by atoms with E-state index in [1.807, 2.05) is 23.1 Å². The molecule has 0 aromatic heterocycles. The van der Waals surface area contributed by atoms with E-state index >= 15 is 0 Å². The first-order valence-corrected chi connectivity index (χ1v) is 7.92. The highest BCUT2D eigenvalue weighted by Crippen LogP contribution is 2.33. The van der Waals surface area contributed by atoms with Gasteiger partial charge in [-0.15, -0.1) is 0 Å². The summed E-state index contributed by atoms with van der Waals surface area (Å²) >= 11 is 0. The van der Waals surface area contributed by atoms with Crippen molar-refractivity contribution in [1.29, 1.82) is 0 Å². The van der Waals surface area contributed by atoms with E-state index in [2.05, 4.69) is 24.3 Å². The van der Waals surface area contributed by atoms with Crippen LogP contribution in [-0.2, 0) is 16.1 Å². The normalized spacial score (nSPS) is 28.2. The largest absolute Gasteiger partial charge is 0.365 e. The number of benzene rings is 1. The fourth-order valence-corrected chi connectivity index (χ4v) is 3.25. The zero-order valence-corrected chi connectivity index (χ0v) is 12.5. The van der Waals surface area contributed by atoms with Gasteiger partial charge in [0.05, 0.1) is 0 Å². The van der Waals surface area contributed by atoms with Crippen LogP contribution in [-0.4, -0.2) is 29.6 Å². The molecule has 1 atom stereocenters. The van der Waals surface area contributed by atoms with Gasteiger partial charge in [0.15, 0.2) is 0 Å². The first kappa shape index (κ1) is 14.3. The number of hydrogen-bond donors (Lipinski definition) is 0. The third kappa shape index (κ3) is 3.18. The lowest BCUT2D eigenvalue weighted by Gasteiger charge is -2.33. The van der Waals surface area contributed by atoms with Gasteiger partial charge in [-0.1, -0.05) is 42.5 Å². The maximum Gasteiger partial charge on any atom is 0.255 e. The van der Waals surface area contributed by atoms with Gasteiger partial charge in [0, 0.05) is 26.1 Å². The molecule has 0 aliphatic carbocycles. The number of carbonyl (C=O) groups excluding carboxylic acids is 1. The highest BCUT2D eigenvalue weighted by Gasteiger charge is 2.44. The molecule has 2 aliphatic heterocycles. The Hall–Kier alpha value is -1.61. The van der Waals surface area contributed by atoms with Crippen LogP contribution < -0.4 is 0 Å². The van der Waals surface area contributed by atoms with E-state index in [9.17, 15) is 4.79 Å². The van der Waals surface area contributed by atoms with Crippen molar-refractivity contribution in [1.82, 2.24) is 4.90 Å². The molecule has 0 radical (unpaired) electrons. The molecule has 2 aliphatic rings. The molecular formula is C18H23NO2. The van der Waals surface area contributed by atoms with Crippen LogP contribution in [0.15, 0.2) is 42.5 Å². The Morgan fingerprint density at radius 2 is 2.00 bits per heavy atom. The van der Waals surface area contributed by atoms with Crippen LogP contribution in [0.25, 0.3) is 0 Å². The zero-order chi connectivity index (χ0) is 14.5. The third-order valence-corrected chi connectivity index (χ3v) is 4.41. The molecule has 2 heterocycles. The van der Waals surface area contributed by atoms with Gasteiger partial charge in [-0.2, -0.15) is 0 Å². The number of ether oxygens (including phenoxy) is 1. The molecule has 3 heteroatoms. The van der Waals surface area contributed by atoms with Crippen molar-refractivity contribution in [2.24, 2.45) is 0 Å². The van der Waals surface area contributed by atoms with Crippen molar-refractivity contribution in [3.05, 3.63) is 48.0 Å². The monoisotopic (exact) mass is 285 g/mol. The molecule has 1 amide bonds. The standard InChI is InChI=1S/C18H23NO2/c20-17-18(12-8-14-21-18)11-6-1-2-7-13-19(17)15-16-9-4-3-5-10-16/h1,3-6,9-10H,2,7-8,11-15H2/b6-1-. The summed E-state index contributed by atoms with van der Waals surface area (Å²) in [6.45, 7) is 2.20. The highest BCUT2D eigenvalue weighted by molar-refractivity contribution is 5.86. The van der Waals surface area contributed by atoms with Crippen LogP contribution in [0.1, 0.15) is 37.7 Å². The molecule has 1 aromatic carbocycles. The molecule has 1 saturated heterocycles. The van der Waals surface area contributed by atoms with Gasteiger partial charge < -0.3 is 9.64 Å². The zero-order valence-electron chi connectivity index (χ0n) is 12.5. The predicted molar refractivity (Wildman–Crippen MR) is 82.8 cm³/mol. The summed E-state index contributed by atoms with van der Waals surface area (Å²) in [5, 5.41) is 0. The van der Waals surface area contributed by atoms with E-state index in [1.54, 1.807) is 0 Å². The second-order valence-electron chi connectivity index (χ2n) is 5.98. The molecule has 0 bridgehead atoms. The number of amides is 1. The van der Waals surface area contributed by atoms with Crippen molar-refractivity contribution in [2.45, 2.75) is 44.2 Å². The Morgan fingerprint density at radius 1 is 1.14 bits per heavy atom. The second kappa shape index (κ2) is 6.44. The lowest BCUT2D eigenvalue weighted by atomic mass is 9.93. The maximum absolute atomic E-state index is 13.0. The Morgan fingerprint density at radius 3 is 2.76 bits per heavy atom. The lowest BCUT2D eigenvalue weighted by Crippen LogP contribution is -2.48. The first-order valence-electron chi connectivity index (χ1n) is 7.92. The molecule has 1 aromatic rings. The minimum Gasteiger partial charge on any atom is -0.365 e. The molecule has 112 valence electrons. The van der Waals surface area contributed by atoms with Gasteiger partial charge in [-0.05, 0) is 31.2 Å². The van der Waals surface area contributed by atoms with Crippen LogP contribution in [0.4, 0.5) is 0 Å². The van der Waals surface area contributed by atoms with Gasteiger partial charge >= 0.3 is 0 Å². The number of rotatable bonds is 2. The smallest absolute Gasteiger partial charge is 0.255 e. The summed E-state index contributed by atoms with van der Waals surface area (Å²) in [5.41, 5.74) is 0.585. The predicted octanol–water partition coefficient (Wildman–Crippen LogP) is 3.30. The van der Waals surface area contributed by atoms with Gasteiger partial charge in [-0.25, -0.2) is 0 Å². The van der Waals surface area contributed by atoms with Crippen molar-refractivity contribution in [3.8, 4) is 0 Å². The lowest BCUT2D eigenvalue weighted by molar-refractivity contribution is -0.153. The first-order chi connectivity index (χ1) is 10.3. The molecule has 1 fully saturated rings. The van der Waals surface area contributed by atoms with E-state index < -0.39 is 5.60 Å². The minimum atomic E-state index is -0.602. The average Bonchev–Trinajstić information content (AvgIpc) is 3.01. The fraction of sp³-hybridized carbons (Fsp3) is 0.500. The van der Waals surface area contributed by atoms with Gasteiger partial charge in [0.2, 0.25) is 0 Å². The van der Waals surface area contributed by atoms with Crippen molar-refractivity contribution in [3.63, 3.8) is 0 Å². The van der Waals surface area contributed by atoms with Crippen LogP contribution in [0, 0.1) is 0 Å². The highest BCUT2D eigenvalue weighted by atomic mass is 16.5. The van der Waals surface area contributed by atoms with Gasteiger partial charge in [0.1, 0.15) is 5.60 Å². The van der Waals surface area contributed by atoms with Gasteiger partial charge in [0.25, 0.3) is 5.91 Å². The Balaban J connectivity index is 1.81. The SMILES string of the molecule is O=C1N(Cc2ccccc2)CCC/C=C\CC12CCCO2. The summed E-state index contributed by atoms with van der Waals surface area (Å²) in [6.07, 6.45) is 8.94. The Kier molecular flexibility index (Phi) is 4.39. The van der Waals surface area contributed by atoms with Crippen LogP contribution in [0.2, 0.25) is 0 Å². The Bertz CT molecular complexity index is 503. The molecule has 1 spiro atoms. The third-order valence-electron chi connectivity index (χ3n) is 4.41. The van der Waals surface area contributed by atoms with E-state index in [1.165, 1.54) is 5.56 Å². The van der Waals surface area contributed by atoms with Crippen LogP contribution >= 0.6 is 0 Å². The molecule has 3 nitrogen and oxygen atoms in total. The topological polar surface area (TPSA) is 29.5 Å². The maximum atomic E-state index is 13.0.